The summed E-state index contributed by atoms with van der Waals surface area (Å²) in [6.45, 7) is 7.56. The van der Waals surface area contributed by atoms with Gasteiger partial charge in [0.25, 0.3) is 11.8 Å². The molecule has 1 fully saturated rings. The molecular weight excluding hydrogens is 364 g/mol. The molecule has 1 aromatic rings. The summed E-state index contributed by atoms with van der Waals surface area (Å²) < 4.78 is 10.9. The molecule has 1 saturated heterocycles. The molecule has 2 atom stereocenters. The maximum atomic E-state index is 13.0. The number of nitrogens with zero attached hydrogens (tertiary/aromatic N) is 2. The lowest BCUT2D eigenvalue weighted by molar-refractivity contribution is -0.129. The maximum Gasteiger partial charge on any atom is 0.407 e. The van der Waals surface area contributed by atoms with Crippen LogP contribution >= 0.6 is 0 Å². The molecule has 1 aliphatic heterocycles. The highest BCUT2D eigenvalue weighted by Crippen LogP contribution is 2.24. The van der Waals surface area contributed by atoms with Crippen LogP contribution < -0.4 is 16.0 Å². The molecule has 0 spiro atoms. The van der Waals surface area contributed by atoms with Gasteiger partial charge in [0.15, 0.2) is 0 Å². The number of nitrogens with two attached hydrogens (primary N) is 1. The zero-order valence-corrected chi connectivity index (χ0v) is 16.7. The zero-order valence-electron chi connectivity index (χ0n) is 16.7. The van der Waals surface area contributed by atoms with E-state index in [1.54, 1.807) is 26.8 Å². The number of carbonyl (C=O) groups excluding carboxylic acids is 3. The first-order valence-electron chi connectivity index (χ1n) is 9.26. The Bertz CT molecular complexity index is 731. The molecule has 28 heavy (non-hydrogen) atoms. The minimum Gasteiger partial charge on any atom is -0.444 e. The largest absolute Gasteiger partial charge is 0.444 e. The Kier molecular flexibility index (Phi) is 6.95. The normalized spacial score (nSPS) is 19.1. The number of nitrogens with one attached hydrogen (secondary N) is 1. The van der Waals surface area contributed by atoms with Crippen molar-refractivity contribution in [2.24, 2.45) is 5.73 Å². The molecule has 2 rings (SSSR count). The van der Waals surface area contributed by atoms with Crippen molar-refractivity contribution in [3.63, 3.8) is 0 Å². The van der Waals surface area contributed by atoms with Crippen molar-refractivity contribution < 1.29 is 23.9 Å². The number of ether oxygens (including phenoxy) is 2. The summed E-state index contributed by atoms with van der Waals surface area (Å²) >= 11 is 0. The molecule has 2 unspecified atom stereocenters. The smallest absolute Gasteiger partial charge is 0.407 e. The summed E-state index contributed by atoms with van der Waals surface area (Å²) in [5.41, 5.74) is 5.19. The van der Waals surface area contributed by atoms with E-state index >= 15 is 0 Å². The molecule has 1 aliphatic rings. The standard InChI is InChI=1S/C19H28N4O5/c1-12-5-6-15(27-12)17(25)23(10-9-22-18(26)28-19(2,3)4)13-7-8-21-14(11-13)16(20)24/h7-8,11-12,15H,5-6,9-10H2,1-4H3,(H2,20,24)(H,22,26). The second-order valence-electron chi connectivity index (χ2n) is 7.69. The third kappa shape index (κ3) is 6.19. The van der Waals surface area contributed by atoms with Gasteiger partial charge in [0, 0.05) is 25.0 Å². The lowest BCUT2D eigenvalue weighted by Gasteiger charge is -2.26. The number of pyridine rings is 1. The van der Waals surface area contributed by atoms with Crippen LogP contribution in [0.1, 0.15) is 51.0 Å². The first-order chi connectivity index (χ1) is 13.1. The molecule has 0 bridgehead atoms. The van der Waals surface area contributed by atoms with Crippen LogP contribution in [-0.2, 0) is 14.3 Å². The van der Waals surface area contributed by atoms with Gasteiger partial charge in [-0.2, -0.15) is 0 Å². The predicted molar refractivity (Wildman–Crippen MR) is 103 cm³/mol. The van der Waals surface area contributed by atoms with Gasteiger partial charge in [-0.1, -0.05) is 0 Å². The van der Waals surface area contributed by atoms with Crippen LogP contribution in [0.5, 0.6) is 0 Å². The Morgan fingerprint density at radius 3 is 2.64 bits per heavy atom. The summed E-state index contributed by atoms with van der Waals surface area (Å²) in [5.74, 6) is -0.927. The highest BCUT2D eigenvalue weighted by molar-refractivity contribution is 5.98. The predicted octanol–water partition coefficient (Wildman–Crippen LogP) is 1.61. The summed E-state index contributed by atoms with van der Waals surface area (Å²) in [5, 5.41) is 2.63. The minimum atomic E-state index is -0.688. The number of aromatic nitrogens is 1. The number of rotatable bonds is 6. The fourth-order valence-electron chi connectivity index (χ4n) is 2.83. The van der Waals surface area contributed by atoms with Gasteiger partial charge >= 0.3 is 6.09 Å². The first kappa shape index (κ1) is 21.6. The van der Waals surface area contributed by atoms with Gasteiger partial charge in [-0.3, -0.25) is 14.6 Å². The summed E-state index contributed by atoms with van der Waals surface area (Å²) in [4.78, 5) is 41.7. The molecular formula is C19H28N4O5. The van der Waals surface area contributed by atoms with Crippen molar-refractivity contribution in [2.45, 2.75) is 58.3 Å². The number of alkyl carbamates (subject to hydrolysis) is 1. The highest BCUT2D eigenvalue weighted by atomic mass is 16.6. The van der Waals surface area contributed by atoms with Crippen LogP contribution in [0.25, 0.3) is 0 Å². The third-order valence-corrected chi connectivity index (χ3v) is 4.08. The van der Waals surface area contributed by atoms with Crippen molar-refractivity contribution in [3.8, 4) is 0 Å². The minimum absolute atomic E-state index is 0.00862. The van der Waals surface area contributed by atoms with E-state index in [2.05, 4.69) is 10.3 Å². The van der Waals surface area contributed by atoms with E-state index in [1.807, 2.05) is 6.92 Å². The molecule has 154 valence electrons. The number of carbonyl (C=O) groups is 3. The van der Waals surface area contributed by atoms with E-state index < -0.39 is 23.7 Å². The lowest BCUT2D eigenvalue weighted by Crippen LogP contribution is -2.44. The Hall–Kier alpha value is -2.68. The van der Waals surface area contributed by atoms with Gasteiger partial charge in [-0.25, -0.2) is 4.79 Å². The Labute approximate surface area is 164 Å². The quantitative estimate of drug-likeness (QED) is 0.758. The van der Waals surface area contributed by atoms with Gasteiger partial charge in [0.2, 0.25) is 0 Å². The monoisotopic (exact) mass is 392 g/mol. The van der Waals surface area contributed by atoms with Crippen LogP contribution in [0.3, 0.4) is 0 Å². The maximum absolute atomic E-state index is 13.0. The van der Waals surface area contributed by atoms with Gasteiger partial charge in [0.1, 0.15) is 17.4 Å². The molecule has 0 aliphatic carbocycles. The van der Waals surface area contributed by atoms with E-state index in [-0.39, 0.29) is 30.8 Å². The first-order valence-corrected chi connectivity index (χ1v) is 9.26. The molecule has 9 nitrogen and oxygen atoms in total. The number of anilines is 1. The van der Waals surface area contributed by atoms with Crippen molar-refractivity contribution >= 4 is 23.6 Å². The SMILES string of the molecule is CC1CCC(C(=O)N(CCNC(=O)OC(C)(C)C)c2ccnc(C(N)=O)c2)O1. The summed E-state index contributed by atoms with van der Waals surface area (Å²) in [6.07, 6.45) is 1.69. The van der Waals surface area contributed by atoms with Crippen molar-refractivity contribution in [1.29, 1.82) is 0 Å². The van der Waals surface area contributed by atoms with Crippen molar-refractivity contribution in [1.82, 2.24) is 10.3 Å². The second kappa shape index (κ2) is 9.01. The van der Waals surface area contributed by atoms with Crippen LogP contribution in [-0.4, -0.2) is 53.8 Å². The molecule has 3 N–H and O–H groups in total. The van der Waals surface area contributed by atoms with Gasteiger partial charge in [0.05, 0.1) is 6.10 Å². The van der Waals surface area contributed by atoms with E-state index in [9.17, 15) is 14.4 Å². The molecule has 3 amide bonds. The average Bonchev–Trinajstić information content (AvgIpc) is 3.03. The van der Waals surface area contributed by atoms with Crippen LogP contribution in [0.4, 0.5) is 10.5 Å². The Morgan fingerprint density at radius 2 is 2.07 bits per heavy atom. The summed E-state index contributed by atoms with van der Waals surface area (Å²) in [6, 6.07) is 3.06. The highest BCUT2D eigenvalue weighted by Gasteiger charge is 2.32. The number of hydrogen-bond donors (Lipinski definition) is 2. The topological polar surface area (TPSA) is 124 Å². The van der Waals surface area contributed by atoms with E-state index in [0.29, 0.717) is 12.1 Å². The number of amides is 3. The van der Waals surface area contributed by atoms with Crippen molar-refractivity contribution in [3.05, 3.63) is 24.0 Å². The third-order valence-electron chi connectivity index (χ3n) is 4.08. The molecule has 0 aromatic carbocycles. The second-order valence-corrected chi connectivity index (χ2v) is 7.69. The molecule has 1 aromatic heterocycles. The fourth-order valence-corrected chi connectivity index (χ4v) is 2.83. The molecule has 9 heteroatoms. The van der Waals surface area contributed by atoms with Crippen LogP contribution in [0.2, 0.25) is 0 Å². The Morgan fingerprint density at radius 1 is 1.36 bits per heavy atom. The number of hydrogen-bond acceptors (Lipinski definition) is 6. The number of primary amides is 1. The van der Waals surface area contributed by atoms with E-state index in [0.717, 1.165) is 6.42 Å². The lowest BCUT2D eigenvalue weighted by atomic mass is 10.1. The zero-order chi connectivity index (χ0) is 20.9. The van der Waals surface area contributed by atoms with Crippen molar-refractivity contribution in [2.75, 3.05) is 18.0 Å². The fraction of sp³-hybridized carbons (Fsp3) is 0.579. The van der Waals surface area contributed by atoms with Gasteiger partial charge in [-0.15, -0.1) is 0 Å². The summed E-state index contributed by atoms with van der Waals surface area (Å²) in [7, 11) is 0. The molecule has 0 saturated carbocycles. The van der Waals surface area contributed by atoms with E-state index in [1.165, 1.54) is 17.2 Å². The van der Waals surface area contributed by atoms with Gasteiger partial charge in [-0.05, 0) is 52.7 Å². The van der Waals surface area contributed by atoms with Crippen LogP contribution in [0.15, 0.2) is 18.3 Å². The molecule has 0 radical (unpaired) electrons. The molecule has 2 heterocycles. The Balaban J connectivity index is 2.12. The average molecular weight is 392 g/mol. The van der Waals surface area contributed by atoms with Crippen LogP contribution in [0, 0.1) is 0 Å². The van der Waals surface area contributed by atoms with Gasteiger partial charge < -0.3 is 25.4 Å². The van der Waals surface area contributed by atoms with E-state index in [4.69, 9.17) is 15.2 Å².